The molecule has 2 N–H and O–H groups in total. The third-order valence-electron chi connectivity index (χ3n) is 5.70. The largest absolute Gasteiger partial charge is 0.495 e. The Morgan fingerprint density at radius 1 is 1.11 bits per heavy atom. The van der Waals surface area contributed by atoms with Gasteiger partial charge in [0.15, 0.2) is 0 Å². The molecule has 2 saturated heterocycles. The van der Waals surface area contributed by atoms with Crippen molar-refractivity contribution in [3.8, 4) is 17.2 Å². The number of likely N-dealkylation sites (N-methyl/N-ethyl adjacent to an activating group) is 1. The van der Waals surface area contributed by atoms with Gasteiger partial charge in [0, 0.05) is 50.9 Å². The molecule has 8 nitrogen and oxygen atoms in total. The quantitative estimate of drug-likeness (QED) is 0.809. The fourth-order valence-electron chi connectivity index (χ4n) is 3.92. The predicted octanol–water partition coefficient (Wildman–Crippen LogP) is 1.54. The molecule has 27 heavy (non-hydrogen) atoms. The molecule has 2 aliphatic rings. The van der Waals surface area contributed by atoms with Crippen molar-refractivity contribution in [1.29, 1.82) is 0 Å². The molecular weight excluding hydrogens is 344 g/mol. The normalized spacial score (nSPS) is 20.1. The lowest BCUT2D eigenvalue weighted by Crippen LogP contribution is -2.52. The molecule has 2 aromatic rings. The summed E-state index contributed by atoms with van der Waals surface area (Å²) in [7, 11) is 3.80. The maximum absolute atomic E-state index is 5.88. The maximum atomic E-state index is 5.88. The average molecular weight is 372 g/mol. The van der Waals surface area contributed by atoms with Crippen LogP contribution in [-0.4, -0.2) is 79.4 Å². The minimum absolute atomic E-state index is 0.490. The summed E-state index contributed by atoms with van der Waals surface area (Å²) < 4.78 is 10.8. The fourth-order valence-corrected chi connectivity index (χ4v) is 3.92. The van der Waals surface area contributed by atoms with E-state index in [1.807, 2.05) is 12.1 Å². The Kier molecular flexibility index (Phi) is 5.18. The van der Waals surface area contributed by atoms with Crippen molar-refractivity contribution in [3.05, 3.63) is 18.2 Å². The number of aromatic nitrogens is 2. The Labute approximate surface area is 159 Å². The third kappa shape index (κ3) is 3.86. The van der Waals surface area contributed by atoms with Crippen LogP contribution in [0.4, 0.5) is 11.6 Å². The second-order valence-electron chi connectivity index (χ2n) is 7.41. The molecule has 0 spiro atoms. The number of ether oxygens (including phenoxy) is 1. The molecule has 0 amide bonds. The van der Waals surface area contributed by atoms with Gasteiger partial charge in [-0.3, -0.25) is 4.90 Å². The highest BCUT2D eigenvalue weighted by Gasteiger charge is 2.28. The first-order chi connectivity index (χ1) is 13.1. The van der Waals surface area contributed by atoms with Gasteiger partial charge in [-0.1, -0.05) is 0 Å². The molecule has 2 fully saturated rings. The lowest BCUT2D eigenvalue weighted by Gasteiger charge is -2.41. The molecule has 0 bridgehead atoms. The predicted molar refractivity (Wildman–Crippen MR) is 105 cm³/mol. The summed E-state index contributed by atoms with van der Waals surface area (Å²) in [5, 5.41) is 4.19. The lowest BCUT2D eigenvalue weighted by atomic mass is 10.0. The number of anilines is 2. The van der Waals surface area contributed by atoms with Crippen molar-refractivity contribution in [3.63, 3.8) is 0 Å². The van der Waals surface area contributed by atoms with Crippen molar-refractivity contribution in [2.24, 2.45) is 0 Å². The molecule has 0 saturated carbocycles. The van der Waals surface area contributed by atoms with Gasteiger partial charge >= 0.3 is 0 Å². The van der Waals surface area contributed by atoms with E-state index in [1.165, 1.54) is 26.2 Å². The molecule has 0 aliphatic carbocycles. The topological polar surface area (TPSA) is 83.9 Å². The molecular formula is C19H28N6O2. The fraction of sp³-hybridized carbons (Fsp3) is 0.579. The van der Waals surface area contributed by atoms with Crippen molar-refractivity contribution >= 4 is 11.6 Å². The van der Waals surface area contributed by atoms with Gasteiger partial charge < -0.3 is 24.8 Å². The van der Waals surface area contributed by atoms with Crippen LogP contribution in [0.2, 0.25) is 0 Å². The first-order valence-electron chi connectivity index (χ1n) is 9.59. The number of piperazine rings is 1. The Morgan fingerprint density at radius 3 is 2.56 bits per heavy atom. The van der Waals surface area contributed by atoms with Crippen LogP contribution in [-0.2, 0) is 0 Å². The zero-order valence-electron chi connectivity index (χ0n) is 16.1. The van der Waals surface area contributed by atoms with Crippen LogP contribution in [0.15, 0.2) is 22.7 Å². The van der Waals surface area contributed by atoms with Crippen LogP contribution >= 0.6 is 0 Å². The molecule has 0 radical (unpaired) electrons. The van der Waals surface area contributed by atoms with E-state index in [4.69, 9.17) is 15.0 Å². The number of piperidine rings is 1. The van der Waals surface area contributed by atoms with Gasteiger partial charge in [-0.25, -0.2) is 0 Å². The van der Waals surface area contributed by atoms with Crippen LogP contribution in [0, 0.1) is 0 Å². The second kappa shape index (κ2) is 7.74. The molecule has 4 rings (SSSR count). The van der Waals surface area contributed by atoms with Gasteiger partial charge in [-0.05, 0) is 43.2 Å². The summed E-state index contributed by atoms with van der Waals surface area (Å²) in [6.45, 7) is 6.60. The Balaban J connectivity index is 1.38. The summed E-state index contributed by atoms with van der Waals surface area (Å²) >= 11 is 0. The van der Waals surface area contributed by atoms with Gasteiger partial charge in [-0.2, -0.15) is 4.98 Å². The van der Waals surface area contributed by atoms with Crippen molar-refractivity contribution in [2.45, 2.75) is 18.9 Å². The van der Waals surface area contributed by atoms with Crippen molar-refractivity contribution < 1.29 is 9.26 Å². The number of nitrogen functional groups attached to an aromatic ring is 1. The number of benzene rings is 1. The molecule has 0 atom stereocenters. The highest BCUT2D eigenvalue weighted by molar-refractivity contribution is 5.65. The SMILES string of the molecule is COc1cc(-c2nc(N3CCC(N4CCN(C)CC4)CC3)no2)ccc1N. The van der Waals surface area contributed by atoms with Crippen LogP contribution in [0.3, 0.4) is 0 Å². The van der Waals surface area contributed by atoms with Gasteiger partial charge in [0.2, 0.25) is 0 Å². The molecule has 1 aromatic heterocycles. The smallest absolute Gasteiger partial charge is 0.266 e. The molecule has 3 heterocycles. The molecule has 8 heteroatoms. The zero-order valence-corrected chi connectivity index (χ0v) is 16.1. The summed E-state index contributed by atoms with van der Waals surface area (Å²) in [6, 6.07) is 6.16. The zero-order chi connectivity index (χ0) is 18.8. The summed E-state index contributed by atoms with van der Waals surface area (Å²) in [6.07, 6.45) is 2.28. The Hall–Kier alpha value is -2.32. The lowest BCUT2D eigenvalue weighted by molar-refractivity contribution is 0.0980. The summed E-state index contributed by atoms with van der Waals surface area (Å²) in [4.78, 5) is 11.8. The van der Waals surface area contributed by atoms with Crippen LogP contribution in [0.5, 0.6) is 5.75 Å². The van der Waals surface area contributed by atoms with Gasteiger partial charge in [0.25, 0.3) is 11.8 Å². The van der Waals surface area contributed by atoms with Crippen LogP contribution in [0.25, 0.3) is 11.5 Å². The van der Waals surface area contributed by atoms with Crippen molar-refractivity contribution in [2.75, 3.05) is 64.1 Å². The number of hydrogen-bond donors (Lipinski definition) is 1. The minimum atomic E-state index is 0.490. The van der Waals surface area contributed by atoms with E-state index in [1.54, 1.807) is 13.2 Å². The van der Waals surface area contributed by atoms with Gasteiger partial charge in [0.1, 0.15) is 5.75 Å². The first-order valence-corrected chi connectivity index (χ1v) is 9.59. The maximum Gasteiger partial charge on any atom is 0.266 e. The Morgan fingerprint density at radius 2 is 1.85 bits per heavy atom. The number of rotatable bonds is 4. The molecule has 1 aromatic carbocycles. The third-order valence-corrected chi connectivity index (χ3v) is 5.70. The Bertz CT molecular complexity index is 763. The van der Waals surface area contributed by atoms with Gasteiger partial charge in [-0.15, -0.1) is 0 Å². The first kappa shape index (κ1) is 18.1. The number of hydrogen-bond acceptors (Lipinski definition) is 8. The van der Waals surface area contributed by atoms with E-state index in [9.17, 15) is 0 Å². The van der Waals surface area contributed by atoms with E-state index in [-0.39, 0.29) is 0 Å². The van der Waals surface area contributed by atoms with Crippen LogP contribution in [0.1, 0.15) is 12.8 Å². The van der Waals surface area contributed by atoms with E-state index in [2.05, 4.69) is 31.9 Å². The number of methoxy groups -OCH3 is 1. The molecule has 2 aliphatic heterocycles. The van der Waals surface area contributed by atoms with Crippen LogP contribution < -0.4 is 15.4 Å². The van der Waals surface area contributed by atoms with Crippen molar-refractivity contribution in [1.82, 2.24) is 19.9 Å². The summed E-state index contributed by atoms with van der Waals surface area (Å²) in [5.41, 5.74) is 7.28. The molecule has 0 unspecified atom stereocenters. The highest BCUT2D eigenvalue weighted by Crippen LogP contribution is 2.29. The van der Waals surface area contributed by atoms with E-state index >= 15 is 0 Å². The number of nitrogens with two attached hydrogens (primary N) is 1. The second-order valence-corrected chi connectivity index (χ2v) is 7.41. The monoisotopic (exact) mass is 372 g/mol. The molecule has 146 valence electrons. The van der Waals surface area contributed by atoms with Gasteiger partial charge in [0.05, 0.1) is 12.8 Å². The average Bonchev–Trinajstić information content (AvgIpc) is 3.19. The van der Waals surface area contributed by atoms with E-state index in [0.29, 0.717) is 29.3 Å². The highest BCUT2D eigenvalue weighted by atomic mass is 16.5. The van der Waals surface area contributed by atoms with E-state index in [0.717, 1.165) is 31.5 Å². The summed E-state index contributed by atoms with van der Waals surface area (Å²) in [5.74, 6) is 1.77. The van der Waals surface area contributed by atoms with E-state index < -0.39 is 0 Å². The standard InChI is InChI=1S/C19H28N6O2/c1-23-9-11-24(12-10-23)15-5-7-25(8-6-15)19-21-18(27-22-19)14-3-4-16(20)17(13-14)26-2/h3-4,13,15H,5-12,20H2,1-2H3. The number of nitrogens with zero attached hydrogens (tertiary/aromatic N) is 5. The minimum Gasteiger partial charge on any atom is -0.495 e.